The summed E-state index contributed by atoms with van der Waals surface area (Å²) in [5, 5.41) is 11.1. The first-order valence-corrected chi connectivity index (χ1v) is 6.89. The van der Waals surface area contributed by atoms with Gasteiger partial charge in [0.2, 0.25) is 0 Å². The number of carbonyl (C=O) groups is 1. The first-order chi connectivity index (χ1) is 9.10. The molecule has 1 atom stereocenters. The van der Waals surface area contributed by atoms with Crippen LogP contribution in [0.25, 0.3) is 0 Å². The summed E-state index contributed by atoms with van der Waals surface area (Å²) in [5.74, 6) is -0.782. The van der Waals surface area contributed by atoms with Gasteiger partial charge in [0.25, 0.3) is 0 Å². The Bertz CT molecular complexity index is 426. The molecule has 0 aromatic heterocycles. The molecule has 1 unspecified atom stereocenters. The molecule has 0 spiro atoms. The van der Waals surface area contributed by atoms with E-state index in [1.165, 1.54) is 5.56 Å². The van der Waals surface area contributed by atoms with Crippen molar-refractivity contribution in [2.45, 2.75) is 44.7 Å². The molecule has 0 radical (unpaired) electrons. The van der Waals surface area contributed by atoms with Crippen LogP contribution in [0.1, 0.15) is 30.9 Å². The maximum atomic E-state index is 11.4. The van der Waals surface area contributed by atoms with Gasteiger partial charge in [-0.05, 0) is 36.8 Å². The van der Waals surface area contributed by atoms with Crippen molar-refractivity contribution < 1.29 is 9.90 Å². The third kappa shape index (κ3) is 4.04. The van der Waals surface area contributed by atoms with Gasteiger partial charge in [-0.3, -0.25) is 10.2 Å². The number of aryl methyl sites for hydroxylation is 1. The van der Waals surface area contributed by atoms with Gasteiger partial charge in [0, 0.05) is 13.1 Å². The molecule has 4 heteroatoms. The minimum absolute atomic E-state index is 0.467. The lowest BCUT2D eigenvalue weighted by Gasteiger charge is -2.25. The Balaban J connectivity index is 1.99. The van der Waals surface area contributed by atoms with Crippen molar-refractivity contribution in [1.82, 2.24) is 10.4 Å². The maximum absolute atomic E-state index is 11.4. The average molecular weight is 262 g/mol. The normalized spacial score (nSPS) is 16.6. The zero-order valence-corrected chi connectivity index (χ0v) is 11.6. The molecule has 0 heterocycles. The molecule has 0 saturated heterocycles. The number of rotatable bonds is 7. The van der Waals surface area contributed by atoms with Gasteiger partial charge < -0.3 is 5.11 Å². The van der Waals surface area contributed by atoms with Gasteiger partial charge in [0.05, 0.1) is 0 Å². The molecule has 104 valence electrons. The fourth-order valence-corrected chi connectivity index (χ4v) is 2.11. The lowest BCUT2D eigenvalue weighted by atomic mass is 10.0. The molecule has 1 aliphatic carbocycles. The fourth-order valence-electron chi connectivity index (χ4n) is 2.11. The summed E-state index contributed by atoms with van der Waals surface area (Å²) < 4.78 is 0. The number of hydrogen-bond donors (Lipinski definition) is 2. The third-order valence-corrected chi connectivity index (χ3v) is 3.58. The summed E-state index contributed by atoms with van der Waals surface area (Å²) in [6.07, 6.45) is 3.81. The Morgan fingerprint density at radius 2 is 1.95 bits per heavy atom. The first-order valence-electron chi connectivity index (χ1n) is 6.89. The van der Waals surface area contributed by atoms with Crippen LogP contribution in [0.4, 0.5) is 0 Å². The van der Waals surface area contributed by atoms with Crippen LogP contribution in [0.2, 0.25) is 0 Å². The van der Waals surface area contributed by atoms with Crippen LogP contribution in [0.3, 0.4) is 0 Å². The Morgan fingerprint density at radius 3 is 2.42 bits per heavy atom. The minimum Gasteiger partial charge on any atom is -0.480 e. The van der Waals surface area contributed by atoms with Crippen molar-refractivity contribution in [3.05, 3.63) is 35.4 Å². The van der Waals surface area contributed by atoms with E-state index in [0.29, 0.717) is 12.5 Å². The summed E-state index contributed by atoms with van der Waals surface area (Å²) >= 11 is 0. The number of hydrazine groups is 1. The molecule has 1 saturated carbocycles. The van der Waals surface area contributed by atoms with Gasteiger partial charge in [-0.15, -0.1) is 0 Å². The second-order valence-corrected chi connectivity index (χ2v) is 5.24. The van der Waals surface area contributed by atoms with Crippen molar-refractivity contribution in [1.29, 1.82) is 0 Å². The molecule has 4 nitrogen and oxygen atoms in total. The van der Waals surface area contributed by atoms with Crippen LogP contribution in [0, 0.1) is 0 Å². The molecule has 2 rings (SSSR count). The topological polar surface area (TPSA) is 52.6 Å². The highest BCUT2D eigenvalue weighted by Gasteiger charge is 2.28. The third-order valence-electron chi connectivity index (χ3n) is 3.58. The monoisotopic (exact) mass is 262 g/mol. The molecule has 1 aromatic carbocycles. The Morgan fingerprint density at radius 1 is 1.37 bits per heavy atom. The highest BCUT2D eigenvalue weighted by Crippen LogP contribution is 2.20. The molecule has 1 fully saturated rings. The molecule has 0 bridgehead atoms. The number of nitrogens with zero attached hydrogens (tertiary/aromatic N) is 1. The number of likely N-dealkylation sites (N-methyl/N-ethyl adjacent to an activating group) is 1. The van der Waals surface area contributed by atoms with Gasteiger partial charge in [0.1, 0.15) is 6.04 Å². The zero-order chi connectivity index (χ0) is 13.8. The smallest absolute Gasteiger partial charge is 0.322 e. The number of carboxylic acid groups (broad SMARTS) is 1. The minimum atomic E-state index is -0.782. The second kappa shape index (κ2) is 6.17. The van der Waals surface area contributed by atoms with E-state index >= 15 is 0 Å². The van der Waals surface area contributed by atoms with Crippen LogP contribution in [0.5, 0.6) is 0 Å². The summed E-state index contributed by atoms with van der Waals surface area (Å²) in [6, 6.07) is 8.15. The van der Waals surface area contributed by atoms with E-state index in [1.54, 1.807) is 5.01 Å². The number of carboxylic acids is 1. The second-order valence-electron chi connectivity index (χ2n) is 5.24. The van der Waals surface area contributed by atoms with Crippen molar-refractivity contribution in [3.63, 3.8) is 0 Å². The Hall–Kier alpha value is -1.39. The predicted molar refractivity (Wildman–Crippen MR) is 74.9 cm³/mol. The molecule has 1 aliphatic rings. The summed E-state index contributed by atoms with van der Waals surface area (Å²) in [7, 11) is 1.82. The number of benzene rings is 1. The van der Waals surface area contributed by atoms with E-state index in [4.69, 9.17) is 0 Å². The highest BCUT2D eigenvalue weighted by atomic mass is 16.4. The largest absolute Gasteiger partial charge is 0.480 e. The number of nitrogens with one attached hydrogen (secondary N) is 1. The Kier molecular flexibility index (Phi) is 4.56. The van der Waals surface area contributed by atoms with Crippen LogP contribution < -0.4 is 5.43 Å². The van der Waals surface area contributed by atoms with Crippen LogP contribution in [-0.4, -0.2) is 35.2 Å². The standard InChI is InChI=1S/C15H22N2O2/c1-3-11-4-6-12(7-5-11)10-14(15(18)19)17(2)16-13-8-9-13/h4-7,13-14,16H,3,8-10H2,1-2H3,(H,18,19). The van der Waals surface area contributed by atoms with Gasteiger partial charge in [0.15, 0.2) is 0 Å². The summed E-state index contributed by atoms with van der Waals surface area (Å²) in [5.41, 5.74) is 5.57. The van der Waals surface area contributed by atoms with Gasteiger partial charge >= 0.3 is 5.97 Å². The van der Waals surface area contributed by atoms with E-state index < -0.39 is 12.0 Å². The van der Waals surface area contributed by atoms with Crippen molar-refractivity contribution in [2.75, 3.05) is 7.05 Å². The number of aliphatic carboxylic acids is 1. The quantitative estimate of drug-likeness (QED) is 0.736. The van der Waals surface area contributed by atoms with Crippen LogP contribution >= 0.6 is 0 Å². The molecule has 2 N–H and O–H groups in total. The van der Waals surface area contributed by atoms with Crippen LogP contribution in [0.15, 0.2) is 24.3 Å². The lowest BCUT2D eigenvalue weighted by molar-refractivity contribution is -0.144. The maximum Gasteiger partial charge on any atom is 0.322 e. The summed E-state index contributed by atoms with van der Waals surface area (Å²) in [4.78, 5) is 11.4. The molecule has 0 aliphatic heterocycles. The SMILES string of the molecule is CCc1ccc(CC(C(=O)O)N(C)NC2CC2)cc1. The zero-order valence-electron chi connectivity index (χ0n) is 11.6. The lowest BCUT2D eigenvalue weighted by Crippen LogP contribution is -2.48. The van der Waals surface area contributed by atoms with E-state index in [-0.39, 0.29) is 0 Å². The van der Waals surface area contributed by atoms with Gasteiger partial charge in [-0.25, -0.2) is 5.01 Å². The van der Waals surface area contributed by atoms with E-state index in [2.05, 4.69) is 24.5 Å². The average Bonchev–Trinajstić information content (AvgIpc) is 3.20. The van der Waals surface area contributed by atoms with E-state index in [9.17, 15) is 9.90 Å². The Labute approximate surface area is 114 Å². The summed E-state index contributed by atoms with van der Waals surface area (Å²) in [6.45, 7) is 2.11. The van der Waals surface area contributed by atoms with Crippen molar-refractivity contribution in [3.8, 4) is 0 Å². The highest BCUT2D eigenvalue weighted by molar-refractivity contribution is 5.73. The molecular formula is C15H22N2O2. The first kappa shape index (κ1) is 14.0. The molecule has 0 amide bonds. The van der Waals surface area contributed by atoms with Gasteiger partial charge in [-0.2, -0.15) is 0 Å². The molecule has 19 heavy (non-hydrogen) atoms. The van der Waals surface area contributed by atoms with E-state index in [1.807, 2.05) is 19.2 Å². The number of hydrogen-bond acceptors (Lipinski definition) is 3. The van der Waals surface area contributed by atoms with Crippen molar-refractivity contribution >= 4 is 5.97 Å². The van der Waals surface area contributed by atoms with Crippen LogP contribution in [-0.2, 0) is 17.6 Å². The molecular weight excluding hydrogens is 240 g/mol. The van der Waals surface area contributed by atoms with Crippen molar-refractivity contribution in [2.24, 2.45) is 0 Å². The fraction of sp³-hybridized carbons (Fsp3) is 0.533. The predicted octanol–water partition coefficient (Wildman–Crippen LogP) is 1.84. The van der Waals surface area contributed by atoms with E-state index in [0.717, 1.165) is 24.8 Å². The van der Waals surface area contributed by atoms with Gasteiger partial charge in [-0.1, -0.05) is 31.2 Å². The molecule has 1 aromatic rings.